The number of benzene rings is 1. The Morgan fingerprint density at radius 3 is 2.05 bits per heavy atom. The predicted molar refractivity (Wildman–Crippen MR) is 71.6 cm³/mol. The standard InChI is InChI=1S/C14H14ClNO3/c1-3-14(16(2)11(17)8-15)12(18)9-6-4-5-7-10(9)13(14)19/h4-7H,3,8H2,1-2H3. The van der Waals surface area contributed by atoms with Gasteiger partial charge in [-0.3, -0.25) is 14.4 Å². The molecule has 0 spiro atoms. The number of hydrogen-bond donors (Lipinski definition) is 0. The molecule has 1 aliphatic carbocycles. The first-order valence-corrected chi connectivity index (χ1v) is 6.55. The maximum Gasteiger partial charge on any atom is 0.238 e. The van der Waals surface area contributed by atoms with Crippen LogP contribution in [0.1, 0.15) is 34.1 Å². The summed E-state index contributed by atoms with van der Waals surface area (Å²) in [5.41, 5.74) is -0.678. The van der Waals surface area contributed by atoms with Gasteiger partial charge in [-0.1, -0.05) is 31.2 Å². The van der Waals surface area contributed by atoms with E-state index in [9.17, 15) is 14.4 Å². The monoisotopic (exact) mass is 279 g/mol. The highest BCUT2D eigenvalue weighted by Gasteiger charge is 2.55. The minimum absolute atomic E-state index is 0.235. The number of ketones is 2. The summed E-state index contributed by atoms with van der Waals surface area (Å²) in [5.74, 6) is -1.33. The van der Waals surface area contributed by atoms with Gasteiger partial charge in [-0.15, -0.1) is 11.6 Å². The summed E-state index contributed by atoms with van der Waals surface area (Å²) in [4.78, 5) is 38.1. The lowest BCUT2D eigenvalue weighted by Crippen LogP contribution is -2.57. The van der Waals surface area contributed by atoms with Crippen molar-refractivity contribution in [1.29, 1.82) is 0 Å². The van der Waals surface area contributed by atoms with Crippen LogP contribution in [0.3, 0.4) is 0 Å². The highest BCUT2D eigenvalue weighted by Crippen LogP contribution is 2.36. The average Bonchev–Trinajstić information content (AvgIpc) is 2.67. The molecule has 0 aliphatic heterocycles. The molecule has 2 rings (SSSR count). The summed E-state index contributed by atoms with van der Waals surface area (Å²) in [7, 11) is 1.45. The van der Waals surface area contributed by atoms with Gasteiger partial charge >= 0.3 is 0 Å². The quantitative estimate of drug-likeness (QED) is 0.627. The van der Waals surface area contributed by atoms with E-state index in [0.29, 0.717) is 11.1 Å². The number of fused-ring (bicyclic) bond motifs is 1. The van der Waals surface area contributed by atoms with Crippen LogP contribution in [0.25, 0.3) is 0 Å². The largest absolute Gasteiger partial charge is 0.325 e. The SMILES string of the molecule is CCC1(N(C)C(=O)CCl)C(=O)c2ccccc2C1=O. The normalized spacial score (nSPS) is 16.4. The van der Waals surface area contributed by atoms with Crippen LogP contribution in [0.4, 0.5) is 0 Å². The number of carbonyl (C=O) groups is 3. The Morgan fingerprint density at radius 2 is 1.68 bits per heavy atom. The predicted octanol–water partition coefficient (Wildman–Crippen LogP) is 1.91. The van der Waals surface area contributed by atoms with Crippen LogP contribution in [0, 0.1) is 0 Å². The van der Waals surface area contributed by atoms with E-state index in [4.69, 9.17) is 11.6 Å². The third kappa shape index (κ3) is 1.70. The van der Waals surface area contributed by atoms with Crippen LogP contribution in [0.15, 0.2) is 24.3 Å². The van der Waals surface area contributed by atoms with Crippen molar-refractivity contribution in [1.82, 2.24) is 4.90 Å². The van der Waals surface area contributed by atoms with Crippen LogP contribution in [-0.4, -0.2) is 40.8 Å². The number of halogens is 1. The lowest BCUT2D eigenvalue weighted by molar-refractivity contribution is -0.130. The molecule has 1 amide bonds. The zero-order valence-corrected chi connectivity index (χ0v) is 11.5. The van der Waals surface area contributed by atoms with Gasteiger partial charge in [0.25, 0.3) is 0 Å². The maximum absolute atomic E-state index is 12.6. The molecule has 0 saturated carbocycles. The molecule has 0 N–H and O–H groups in total. The molecule has 1 aliphatic rings. The van der Waals surface area contributed by atoms with E-state index >= 15 is 0 Å². The Balaban J connectivity index is 2.59. The van der Waals surface area contributed by atoms with Crippen molar-refractivity contribution in [3.63, 3.8) is 0 Å². The van der Waals surface area contributed by atoms with Crippen LogP contribution in [-0.2, 0) is 4.79 Å². The molecule has 0 aromatic heterocycles. The fourth-order valence-corrected chi connectivity index (χ4v) is 2.77. The summed E-state index contributed by atoms with van der Waals surface area (Å²) in [6.07, 6.45) is 0.235. The van der Waals surface area contributed by atoms with Gasteiger partial charge in [-0.05, 0) is 6.42 Å². The molecule has 19 heavy (non-hydrogen) atoms. The van der Waals surface area contributed by atoms with E-state index in [-0.39, 0.29) is 23.9 Å². The third-order valence-corrected chi connectivity index (χ3v) is 3.97. The van der Waals surface area contributed by atoms with Crippen LogP contribution >= 0.6 is 11.6 Å². The maximum atomic E-state index is 12.6. The molecule has 0 atom stereocenters. The molecule has 0 fully saturated rings. The molecule has 5 heteroatoms. The molecule has 0 heterocycles. The number of nitrogens with zero attached hydrogens (tertiary/aromatic N) is 1. The number of hydrogen-bond acceptors (Lipinski definition) is 3. The molecule has 0 saturated heterocycles. The first kappa shape index (κ1) is 13.7. The van der Waals surface area contributed by atoms with E-state index in [1.165, 1.54) is 11.9 Å². The Morgan fingerprint density at radius 1 is 1.21 bits per heavy atom. The second-order valence-electron chi connectivity index (χ2n) is 4.50. The highest BCUT2D eigenvalue weighted by molar-refractivity contribution is 6.35. The molecule has 0 radical (unpaired) electrons. The van der Waals surface area contributed by atoms with Crippen molar-refractivity contribution in [2.24, 2.45) is 0 Å². The molecule has 1 aromatic carbocycles. The number of likely N-dealkylation sites (N-methyl/N-ethyl adjacent to an activating group) is 1. The van der Waals surface area contributed by atoms with Crippen molar-refractivity contribution >= 4 is 29.1 Å². The van der Waals surface area contributed by atoms with Gasteiger partial charge in [0.1, 0.15) is 5.88 Å². The van der Waals surface area contributed by atoms with Crippen LogP contribution in [0.2, 0.25) is 0 Å². The lowest BCUT2D eigenvalue weighted by atomic mass is 9.88. The van der Waals surface area contributed by atoms with Gasteiger partial charge in [0.05, 0.1) is 0 Å². The zero-order valence-electron chi connectivity index (χ0n) is 10.8. The molecule has 0 unspecified atom stereocenters. The number of amides is 1. The van der Waals surface area contributed by atoms with Crippen molar-refractivity contribution in [3.05, 3.63) is 35.4 Å². The Kier molecular flexibility index (Phi) is 3.45. The fraction of sp³-hybridized carbons (Fsp3) is 0.357. The van der Waals surface area contributed by atoms with Gasteiger partial charge < -0.3 is 4.90 Å². The number of rotatable bonds is 3. The molecule has 4 nitrogen and oxygen atoms in total. The van der Waals surface area contributed by atoms with Crippen molar-refractivity contribution < 1.29 is 14.4 Å². The van der Waals surface area contributed by atoms with Crippen LogP contribution < -0.4 is 0 Å². The van der Waals surface area contributed by atoms with Crippen LogP contribution in [0.5, 0.6) is 0 Å². The minimum Gasteiger partial charge on any atom is -0.325 e. The van der Waals surface area contributed by atoms with Crippen molar-refractivity contribution in [3.8, 4) is 0 Å². The number of alkyl halides is 1. The molecule has 0 bridgehead atoms. The van der Waals surface area contributed by atoms with E-state index in [0.717, 1.165) is 0 Å². The molecular formula is C14H14ClNO3. The van der Waals surface area contributed by atoms with E-state index < -0.39 is 11.4 Å². The van der Waals surface area contributed by atoms with Gasteiger partial charge in [0.2, 0.25) is 5.91 Å². The van der Waals surface area contributed by atoms with Crippen molar-refractivity contribution in [2.75, 3.05) is 12.9 Å². The number of Topliss-reactive ketones (excluding diaryl/α,β-unsaturated/α-hetero) is 2. The summed E-state index contributed by atoms with van der Waals surface area (Å²) in [6, 6.07) is 6.65. The van der Waals surface area contributed by atoms with Gasteiger partial charge in [-0.25, -0.2) is 0 Å². The first-order chi connectivity index (χ1) is 9.00. The summed E-state index contributed by atoms with van der Waals surface area (Å²) in [6.45, 7) is 1.72. The Hall–Kier alpha value is -1.68. The smallest absolute Gasteiger partial charge is 0.238 e. The molecule has 1 aromatic rings. The average molecular weight is 280 g/mol. The molecular weight excluding hydrogens is 266 g/mol. The minimum atomic E-state index is -1.43. The Labute approximate surface area is 116 Å². The highest BCUT2D eigenvalue weighted by atomic mass is 35.5. The molecule has 100 valence electrons. The van der Waals surface area contributed by atoms with E-state index in [2.05, 4.69) is 0 Å². The third-order valence-electron chi connectivity index (χ3n) is 3.74. The second kappa shape index (κ2) is 4.78. The van der Waals surface area contributed by atoms with Gasteiger partial charge in [0.15, 0.2) is 17.1 Å². The lowest BCUT2D eigenvalue weighted by Gasteiger charge is -2.34. The van der Waals surface area contributed by atoms with E-state index in [1.807, 2.05) is 0 Å². The van der Waals surface area contributed by atoms with Gasteiger partial charge in [0, 0.05) is 18.2 Å². The second-order valence-corrected chi connectivity index (χ2v) is 4.77. The fourth-order valence-electron chi connectivity index (χ4n) is 2.59. The first-order valence-electron chi connectivity index (χ1n) is 6.02. The summed E-state index contributed by atoms with van der Waals surface area (Å²) >= 11 is 5.54. The van der Waals surface area contributed by atoms with Crippen molar-refractivity contribution in [2.45, 2.75) is 18.9 Å². The Bertz CT molecular complexity index is 533. The summed E-state index contributed by atoms with van der Waals surface area (Å²) in [5, 5.41) is 0. The van der Waals surface area contributed by atoms with E-state index in [1.54, 1.807) is 31.2 Å². The van der Waals surface area contributed by atoms with Gasteiger partial charge in [-0.2, -0.15) is 0 Å². The number of carbonyl (C=O) groups excluding carboxylic acids is 3. The summed E-state index contributed by atoms with van der Waals surface area (Å²) < 4.78 is 0. The zero-order chi connectivity index (χ0) is 14.2. The topological polar surface area (TPSA) is 54.5 Å².